The van der Waals surface area contributed by atoms with E-state index in [2.05, 4.69) is 82.9 Å². The lowest BCUT2D eigenvalue weighted by Gasteiger charge is -2.30. The number of nitrogens with one attached hydrogen (secondary N) is 2. The Hall–Kier alpha value is -2.53. The molecule has 0 aliphatic carbocycles. The molecule has 150 valence electrons. The Morgan fingerprint density at radius 1 is 1.07 bits per heavy atom. The molecule has 1 heterocycles. The van der Waals surface area contributed by atoms with Crippen LogP contribution in [0.4, 0.5) is 5.69 Å². The van der Waals surface area contributed by atoms with Gasteiger partial charge < -0.3 is 20.3 Å². The number of anilines is 1. The van der Waals surface area contributed by atoms with Gasteiger partial charge in [0.2, 0.25) is 0 Å². The molecule has 1 aliphatic rings. The number of hydrogen-bond acceptors (Lipinski definition) is 3. The number of ether oxygens (including phenoxy) is 1. The molecule has 1 unspecified atom stereocenters. The smallest absolute Gasteiger partial charge is 0.191 e. The van der Waals surface area contributed by atoms with Gasteiger partial charge in [0.15, 0.2) is 5.96 Å². The minimum atomic E-state index is 0.416. The fourth-order valence-corrected chi connectivity index (χ4v) is 3.44. The van der Waals surface area contributed by atoms with Crippen molar-refractivity contribution in [2.45, 2.75) is 26.3 Å². The van der Waals surface area contributed by atoms with Gasteiger partial charge in [-0.05, 0) is 30.0 Å². The zero-order valence-electron chi connectivity index (χ0n) is 17.2. The van der Waals surface area contributed by atoms with Gasteiger partial charge in [0.25, 0.3) is 0 Å². The van der Waals surface area contributed by atoms with E-state index in [4.69, 9.17) is 4.74 Å². The lowest BCUT2D eigenvalue weighted by atomic mass is 10.0. The van der Waals surface area contributed by atoms with Crippen LogP contribution >= 0.6 is 0 Å². The Kier molecular flexibility index (Phi) is 7.31. The lowest BCUT2D eigenvalue weighted by molar-refractivity contribution is 0.122. The summed E-state index contributed by atoms with van der Waals surface area (Å²) in [6, 6.07) is 17.3. The molecule has 3 rings (SSSR count). The van der Waals surface area contributed by atoms with Crippen LogP contribution in [0.5, 0.6) is 0 Å². The summed E-state index contributed by atoms with van der Waals surface area (Å²) in [5, 5.41) is 6.92. The summed E-state index contributed by atoms with van der Waals surface area (Å²) in [4.78, 5) is 6.78. The van der Waals surface area contributed by atoms with Crippen LogP contribution in [-0.4, -0.2) is 45.9 Å². The Morgan fingerprint density at radius 2 is 1.79 bits per heavy atom. The van der Waals surface area contributed by atoms with Crippen molar-refractivity contribution in [3.05, 3.63) is 65.2 Å². The number of morpholine rings is 1. The summed E-state index contributed by atoms with van der Waals surface area (Å²) in [6.45, 7) is 9.41. The summed E-state index contributed by atoms with van der Waals surface area (Å²) in [6.07, 6.45) is 0. The van der Waals surface area contributed by atoms with Crippen molar-refractivity contribution in [3.8, 4) is 0 Å². The monoisotopic (exact) mass is 380 g/mol. The van der Waals surface area contributed by atoms with Gasteiger partial charge >= 0.3 is 0 Å². The van der Waals surface area contributed by atoms with E-state index < -0.39 is 0 Å². The van der Waals surface area contributed by atoms with E-state index in [-0.39, 0.29) is 0 Å². The van der Waals surface area contributed by atoms with E-state index in [1.54, 1.807) is 0 Å². The fourth-order valence-electron chi connectivity index (χ4n) is 3.44. The van der Waals surface area contributed by atoms with E-state index in [0.717, 1.165) is 45.4 Å². The molecule has 1 atom stereocenters. The summed E-state index contributed by atoms with van der Waals surface area (Å²) in [7, 11) is 1.82. The number of aryl methyl sites for hydroxylation is 1. The predicted octanol–water partition coefficient (Wildman–Crippen LogP) is 3.30. The molecule has 1 fully saturated rings. The highest BCUT2D eigenvalue weighted by Gasteiger charge is 2.14. The number of para-hydroxylation sites is 1. The van der Waals surface area contributed by atoms with Gasteiger partial charge in [-0.25, -0.2) is 0 Å². The van der Waals surface area contributed by atoms with Gasteiger partial charge in [0, 0.05) is 38.9 Å². The third-order valence-corrected chi connectivity index (χ3v) is 5.24. The van der Waals surface area contributed by atoms with Crippen molar-refractivity contribution in [2.75, 3.05) is 44.8 Å². The molecule has 5 heteroatoms. The zero-order chi connectivity index (χ0) is 19.8. The maximum Gasteiger partial charge on any atom is 0.191 e. The van der Waals surface area contributed by atoms with Gasteiger partial charge in [0.05, 0.1) is 13.2 Å². The van der Waals surface area contributed by atoms with Crippen molar-refractivity contribution in [2.24, 2.45) is 4.99 Å². The van der Waals surface area contributed by atoms with Crippen molar-refractivity contribution < 1.29 is 4.74 Å². The molecule has 2 N–H and O–H groups in total. The van der Waals surface area contributed by atoms with E-state index in [1.807, 2.05) is 7.05 Å². The molecule has 0 saturated carbocycles. The van der Waals surface area contributed by atoms with Gasteiger partial charge in [-0.1, -0.05) is 55.0 Å². The molecule has 1 aliphatic heterocycles. The summed E-state index contributed by atoms with van der Waals surface area (Å²) >= 11 is 0. The van der Waals surface area contributed by atoms with E-state index in [1.165, 1.54) is 22.4 Å². The number of aliphatic imine (C=N–C) groups is 1. The van der Waals surface area contributed by atoms with Crippen LogP contribution in [0, 0.1) is 6.92 Å². The van der Waals surface area contributed by atoms with Crippen LogP contribution in [0.25, 0.3) is 0 Å². The summed E-state index contributed by atoms with van der Waals surface area (Å²) in [5.74, 6) is 1.25. The van der Waals surface area contributed by atoms with Crippen LogP contribution in [0.1, 0.15) is 29.5 Å². The van der Waals surface area contributed by atoms with Crippen molar-refractivity contribution in [1.82, 2.24) is 10.6 Å². The Bertz CT molecular complexity index is 766. The molecule has 0 radical (unpaired) electrons. The molecule has 2 aromatic carbocycles. The molecule has 0 aromatic heterocycles. The minimum Gasteiger partial charge on any atom is -0.378 e. The first kappa shape index (κ1) is 20.2. The van der Waals surface area contributed by atoms with E-state index in [9.17, 15) is 0 Å². The first-order valence-electron chi connectivity index (χ1n) is 10.1. The Balaban J connectivity index is 1.55. The molecule has 5 nitrogen and oxygen atoms in total. The maximum atomic E-state index is 5.49. The van der Waals surface area contributed by atoms with Crippen LogP contribution in [0.15, 0.2) is 53.5 Å². The van der Waals surface area contributed by atoms with Crippen molar-refractivity contribution >= 4 is 11.6 Å². The molecular weight excluding hydrogens is 348 g/mol. The largest absolute Gasteiger partial charge is 0.378 e. The van der Waals surface area contributed by atoms with E-state index in [0.29, 0.717) is 5.92 Å². The number of guanidine groups is 1. The molecule has 1 saturated heterocycles. The number of benzene rings is 2. The SMILES string of the molecule is CN=C(NCc1ccccc1N1CCOCC1)NCC(C)c1ccc(C)cc1. The second kappa shape index (κ2) is 10.1. The first-order chi connectivity index (χ1) is 13.7. The maximum absolute atomic E-state index is 5.49. The van der Waals surface area contributed by atoms with Crippen LogP contribution in [0.2, 0.25) is 0 Å². The average molecular weight is 381 g/mol. The molecule has 0 bridgehead atoms. The second-order valence-corrected chi connectivity index (χ2v) is 7.35. The third kappa shape index (κ3) is 5.49. The quantitative estimate of drug-likeness (QED) is 0.596. The van der Waals surface area contributed by atoms with Crippen LogP contribution in [-0.2, 0) is 11.3 Å². The van der Waals surface area contributed by atoms with Crippen molar-refractivity contribution in [3.63, 3.8) is 0 Å². The molecular formula is C23H32N4O. The highest BCUT2D eigenvalue weighted by atomic mass is 16.5. The number of rotatable bonds is 6. The molecule has 0 spiro atoms. The van der Waals surface area contributed by atoms with Crippen LogP contribution in [0.3, 0.4) is 0 Å². The highest BCUT2D eigenvalue weighted by Crippen LogP contribution is 2.21. The summed E-state index contributed by atoms with van der Waals surface area (Å²) < 4.78 is 5.49. The molecule has 0 amide bonds. The number of nitrogens with zero attached hydrogens (tertiary/aromatic N) is 2. The second-order valence-electron chi connectivity index (χ2n) is 7.35. The van der Waals surface area contributed by atoms with E-state index >= 15 is 0 Å². The van der Waals surface area contributed by atoms with Gasteiger partial charge in [0.1, 0.15) is 0 Å². The zero-order valence-corrected chi connectivity index (χ0v) is 17.2. The minimum absolute atomic E-state index is 0.416. The first-order valence-corrected chi connectivity index (χ1v) is 10.1. The highest BCUT2D eigenvalue weighted by molar-refractivity contribution is 5.79. The average Bonchev–Trinajstić information content (AvgIpc) is 2.75. The van der Waals surface area contributed by atoms with Gasteiger partial charge in [-0.2, -0.15) is 0 Å². The molecule has 28 heavy (non-hydrogen) atoms. The summed E-state index contributed by atoms with van der Waals surface area (Å²) in [5.41, 5.74) is 5.19. The normalized spacial score (nSPS) is 16.0. The predicted molar refractivity (Wildman–Crippen MR) is 117 cm³/mol. The van der Waals surface area contributed by atoms with Gasteiger partial charge in [-0.15, -0.1) is 0 Å². The lowest BCUT2D eigenvalue weighted by Crippen LogP contribution is -2.40. The van der Waals surface area contributed by atoms with Crippen LogP contribution < -0.4 is 15.5 Å². The Morgan fingerprint density at radius 3 is 2.50 bits per heavy atom. The topological polar surface area (TPSA) is 48.9 Å². The number of hydrogen-bond donors (Lipinski definition) is 2. The standard InChI is InChI=1S/C23H32N4O/c1-18-8-10-20(11-9-18)19(2)16-25-23(24-3)26-17-21-6-4-5-7-22(21)27-12-14-28-15-13-27/h4-11,19H,12-17H2,1-3H3,(H2,24,25,26). The van der Waals surface area contributed by atoms with Gasteiger partial charge in [-0.3, -0.25) is 4.99 Å². The Labute approximate surface area is 168 Å². The third-order valence-electron chi connectivity index (χ3n) is 5.24. The molecule has 2 aromatic rings. The van der Waals surface area contributed by atoms with Crippen molar-refractivity contribution in [1.29, 1.82) is 0 Å². The fraction of sp³-hybridized carbons (Fsp3) is 0.435.